The lowest BCUT2D eigenvalue weighted by molar-refractivity contribution is 0.417. The van der Waals surface area contributed by atoms with Crippen molar-refractivity contribution >= 4 is 44.6 Å². The molecule has 0 radical (unpaired) electrons. The van der Waals surface area contributed by atoms with Gasteiger partial charge in [0.25, 0.3) is 0 Å². The molecule has 0 saturated carbocycles. The highest BCUT2D eigenvalue weighted by Gasteiger charge is 2.06. The van der Waals surface area contributed by atoms with Crippen molar-refractivity contribution in [2.75, 3.05) is 18.2 Å². The highest BCUT2D eigenvalue weighted by atomic mass is 79.9. The molecule has 0 fully saturated rings. The zero-order valence-corrected chi connectivity index (χ0v) is 12.0. The maximum absolute atomic E-state index is 5.90. The largest absolute Gasteiger partial charge is 0.495 e. The highest BCUT2D eigenvalue weighted by Crippen LogP contribution is 2.33. The normalized spacial score (nSPS) is 10.2. The van der Waals surface area contributed by atoms with Crippen molar-refractivity contribution in [3.8, 4) is 5.75 Å². The third-order valence-corrected chi connectivity index (χ3v) is 3.17. The Morgan fingerprint density at radius 2 is 1.94 bits per heavy atom. The van der Waals surface area contributed by atoms with E-state index in [9.17, 15) is 0 Å². The average molecular weight is 328 g/mol. The molecule has 0 aromatic heterocycles. The molecule has 0 aliphatic heterocycles. The summed E-state index contributed by atoms with van der Waals surface area (Å²) >= 11 is 9.28. The first-order chi connectivity index (χ1) is 8.60. The predicted octanol–water partition coefficient (Wildman–Crippen LogP) is 4.44. The van der Waals surface area contributed by atoms with Crippen LogP contribution in [0, 0.1) is 0 Å². The molecule has 0 amide bonds. The van der Waals surface area contributed by atoms with E-state index in [4.69, 9.17) is 22.1 Å². The fraction of sp³-hybridized carbons (Fsp3) is 0.0769. The van der Waals surface area contributed by atoms with Gasteiger partial charge < -0.3 is 15.8 Å². The van der Waals surface area contributed by atoms with Crippen LogP contribution in [-0.2, 0) is 0 Å². The molecule has 3 N–H and O–H groups in total. The van der Waals surface area contributed by atoms with E-state index in [-0.39, 0.29) is 0 Å². The summed E-state index contributed by atoms with van der Waals surface area (Å²) in [6, 6.07) is 11.0. The quantitative estimate of drug-likeness (QED) is 0.819. The number of benzene rings is 2. The third kappa shape index (κ3) is 2.89. The Balaban J connectivity index is 2.36. The smallest absolute Gasteiger partial charge is 0.142 e. The maximum atomic E-state index is 5.90. The zero-order chi connectivity index (χ0) is 13.1. The molecule has 18 heavy (non-hydrogen) atoms. The molecule has 2 aromatic carbocycles. The van der Waals surface area contributed by atoms with Gasteiger partial charge in [-0.2, -0.15) is 0 Å². The number of halogens is 2. The summed E-state index contributed by atoms with van der Waals surface area (Å²) in [5.74, 6) is 0.743. The summed E-state index contributed by atoms with van der Waals surface area (Å²) in [7, 11) is 1.62. The summed E-state index contributed by atoms with van der Waals surface area (Å²) in [6.07, 6.45) is 0. The number of hydrogen-bond acceptors (Lipinski definition) is 3. The zero-order valence-electron chi connectivity index (χ0n) is 9.71. The monoisotopic (exact) mass is 326 g/mol. The minimum atomic E-state index is 0.588. The lowest BCUT2D eigenvalue weighted by Crippen LogP contribution is -1.98. The molecule has 0 heterocycles. The second kappa shape index (κ2) is 5.50. The minimum Gasteiger partial charge on any atom is -0.495 e. The Hall–Kier alpha value is -1.39. The van der Waals surface area contributed by atoms with Crippen LogP contribution in [0.4, 0.5) is 17.1 Å². The molecule has 0 bridgehead atoms. The molecule has 3 nitrogen and oxygen atoms in total. The van der Waals surface area contributed by atoms with E-state index in [0.717, 1.165) is 21.6 Å². The van der Waals surface area contributed by atoms with Crippen LogP contribution in [0.15, 0.2) is 40.9 Å². The van der Waals surface area contributed by atoms with Gasteiger partial charge in [0.15, 0.2) is 0 Å². The molecule has 0 aliphatic carbocycles. The van der Waals surface area contributed by atoms with Crippen molar-refractivity contribution < 1.29 is 4.74 Å². The van der Waals surface area contributed by atoms with Crippen molar-refractivity contribution in [1.82, 2.24) is 0 Å². The van der Waals surface area contributed by atoms with Gasteiger partial charge in [-0.3, -0.25) is 0 Å². The van der Waals surface area contributed by atoms with Gasteiger partial charge in [0.1, 0.15) is 5.75 Å². The molecule has 5 heteroatoms. The van der Waals surface area contributed by atoms with Gasteiger partial charge in [-0.1, -0.05) is 27.5 Å². The molecular weight excluding hydrogens is 316 g/mol. The van der Waals surface area contributed by atoms with Crippen molar-refractivity contribution in [1.29, 1.82) is 0 Å². The number of hydrogen-bond donors (Lipinski definition) is 2. The van der Waals surface area contributed by atoms with Gasteiger partial charge in [-0.25, -0.2) is 0 Å². The molecule has 2 rings (SSSR count). The van der Waals surface area contributed by atoms with Crippen LogP contribution in [0.1, 0.15) is 0 Å². The van der Waals surface area contributed by atoms with Gasteiger partial charge in [0, 0.05) is 9.50 Å². The molecule has 0 atom stereocenters. The molecule has 2 aromatic rings. The van der Waals surface area contributed by atoms with E-state index >= 15 is 0 Å². The molecule has 94 valence electrons. The molecule has 0 spiro atoms. The number of methoxy groups -OCH3 is 1. The van der Waals surface area contributed by atoms with E-state index in [1.807, 2.05) is 24.3 Å². The van der Waals surface area contributed by atoms with E-state index in [0.29, 0.717) is 10.7 Å². The van der Waals surface area contributed by atoms with E-state index < -0.39 is 0 Å². The first-order valence-electron chi connectivity index (χ1n) is 5.26. The number of nitrogens with two attached hydrogens (primary N) is 1. The van der Waals surface area contributed by atoms with Gasteiger partial charge in [0.2, 0.25) is 0 Å². The van der Waals surface area contributed by atoms with Crippen LogP contribution in [0.3, 0.4) is 0 Å². The fourth-order valence-electron chi connectivity index (χ4n) is 1.57. The summed E-state index contributed by atoms with van der Waals surface area (Å²) in [6.45, 7) is 0. The van der Waals surface area contributed by atoms with Gasteiger partial charge in [-0.15, -0.1) is 0 Å². The Labute approximate surface area is 119 Å². The number of rotatable bonds is 3. The Bertz CT molecular complexity index is 575. The van der Waals surface area contributed by atoms with Crippen LogP contribution in [-0.4, -0.2) is 7.11 Å². The van der Waals surface area contributed by atoms with Gasteiger partial charge in [0.05, 0.1) is 24.2 Å². The van der Waals surface area contributed by atoms with E-state index in [1.54, 1.807) is 19.2 Å². The first kappa shape index (κ1) is 13.1. The number of anilines is 3. The van der Waals surface area contributed by atoms with Gasteiger partial charge in [-0.05, 0) is 36.4 Å². The summed E-state index contributed by atoms with van der Waals surface area (Å²) in [5, 5.41) is 3.83. The van der Waals surface area contributed by atoms with Crippen LogP contribution in [0.5, 0.6) is 5.75 Å². The van der Waals surface area contributed by atoms with E-state index in [1.165, 1.54) is 0 Å². The topological polar surface area (TPSA) is 47.3 Å². The van der Waals surface area contributed by atoms with Crippen LogP contribution in [0.25, 0.3) is 0 Å². The van der Waals surface area contributed by atoms with Crippen molar-refractivity contribution in [2.24, 2.45) is 0 Å². The average Bonchev–Trinajstić information content (AvgIpc) is 2.33. The van der Waals surface area contributed by atoms with Crippen molar-refractivity contribution in [3.05, 3.63) is 45.9 Å². The van der Waals surface area contributed by atoms with Gasteiger partial charge >= 0.3 is 0 Å². The lowest BCUT2D eigenvalue weighted by atomic mass is 10.2. The Morgan fingerprint density at radius 1 is 1.17 bits per heavy atom. The fourth-order valence-corrected chi connectivity index (χ4v) is 2.11. The summed E-state index contributed by atoms with van der Waals surface area (Å²) < 4.78 is 6.24. The Kier molecular flexibility index (Phi) is 3.99. The predicted molar refractivity (Wildman–Crippen MR) is 79.8 cm³/mol. The SMILES string of the molecule is COc1ccc(Br)cc1Nc1ccc(Cl)cc1N. The third-order valence-electron chi connectivity index (χ3n) is 2.44. The second-order valence-electron chi connectivity index (χ2n) is 3.70. The number of nitrogen functional groups attached to an aromatic ring is 1. The molecule has 0 aliphatic rings. The van der Waals surface area contributed by atoms with Crippen LogP contribution >= 0.6 is 27.5 Å². The Morgan fingerprint density at radius 3 is 2.61 bits per heavy atom. The standard InChI is InChI=1S/C13H12BrClN2O/c1-18-13-5-2-8(14)6-12(13)17-11-4-3-9(15)7-10(11)16/h2-7,17H,16H2,1H3. The summed E-state index contributed by atoms with van der Waals surface area (Å²) in [4.78, 5) is 0. The number of nitrogens with one attached hydrogen (secondary N) is 1. The van der Waals surface area contributed by atoms with E-state index in [2.05, 4.69) is 21.2 Å². The highest BCUT2D eigenvalue weighted by molar-refractivity contribution is 9.10. The minimum absolute atomic E-state index is 0.588. The molecule has 0 saturated heterocycles. The van der Waals surface area contributed by atoms with Crippen LogP contribution in [0.2, 0.25) is 5.02 Å². The van der Waals surface area contributed by atoms with Crippen molar-refractivity contribution in [3.63, 3.8) is 0 Å². The number of ether oxygens (including phenoxy) is 1. The lowest BCUT2D eigenvalue weighted by Gasteiger charge is -2.13. The first-order valence-corrected chi connectivity index (χ1v) is 6.43. The van der Waals surface area contributed by atoms with Crippen LogP contribution < -0.4 is 15.8 Å². The second-order valence-corrected chi connectivity index (χ2v) is 5.05. The van der Waals surface area contributed by atoms with Crippen molar-refractivity contribution in [2.45, 2.75) is 0 Å². The maximum Gasteiger partial charge on any atom is 0.142 e. The molecule has 0 unspecified atom stereocenters. The molecular formula is C13H12BrClN2O. The summed E-state index contributed by atoms with van der Waals surface area (Å²) in [5.41, 5.74) is 8.11.